The molecule has 0 atom stereocenters. The van der Waals surface area contributed by atoms with Crippen LogP contribution in [-0.4, -0.2) is 23.4 Å². The number of benzene rings is 1. The maximum Gasteiger partial charge on any atom is 0.255 e. The summed E-state index contributed by atoms with van der Waals surface area (Å²) in [5.41, 5.74) is 6.72. The van der Waals surface area contributed by atoms with Crippen molar-refractivity contribution < 1.29 is 4.79 Å². The number of carbonyl (C=O) groups is 1. The molecule has 2 N–H and O–H groups in total. The molecule has 1 saturated carbocycles. The molecule has 0 aliphatic heterocycles. The Kier molecular flexibility index (Phi) is 4.66. The predicted octanol–water partition coefficient (Wildman–Crippen LogP) is 2.97. The van der Waals surface area contributed by atoms with Crippen LogP contribution in [0.3, 0.4) is 0 Å². The van der Waals surface area contributed by atoms with Gasteiger partial charge in [-0.2, -0.15) is 0 Å². The summed E-state index contributed by atoms with van der Waals surface area (Å²) in [5.74, 6) is 0.00926. The van der Waals surface area contributed by atoms with Gasteiger partial charge in [0.1, 0.15) is 0 Å². The second-order valence-electron chi connectivity index (χ2n) is 4.06. The van der Waals surface area contributed by atoms with Crippen LogP contribution in [-0.2, 0) is 0 Å². The lowest BCUT2D eigenvalue weighted by Crippen LogP contribution is -2.33. The SMILES string of the molecule is CCN(C(=O)c1ccc(N)cc1Cl)C1CC1.Cl. The van der Waals surface area contributed by atoms with Crippen molar-refractivity contribution in [2.24, 2.45) is 0 Å². The van der Waals surface area contributed by atoms with Crippen LogP contribution in [0.5, 0.6) is 0 Å². The van der Waals surface area contributed by atoms with Gasteiger partial charge in [0.05, 0.1) is 10.6 Å². The third-order valence-corrected chi connectivity index (χ3v) is 3.13. The molecule has 17 heavy (non-hydrogen) atoms. The summed E-state index contributed by atoms with van der Waals surface area (Å²) >= 11 is 6.02. The van der Waals surface area contributed by atoms with E-state index in [0.717, 1.165) is 19.4 Å². The summed E-state index contributed by atoms with van der Waals surface area (Å²) in [6, 6.07) is 5.44. The molecule has 0 aromatic heterocycles. The van der Waals surface area contributed by atoms with E-state index in [2.05, 4.69) is 0 Å². The zero-order valence-corrected chi connectivity index (χ0v) is 11.2. The average molecular weight is 275 g/mol. The molecule has 1 fully saturated rings. The van der Waals surface area contributed by atoms with Crippen LogP contribution in [0.1, 0.15) is 30.1 Å². The van der Waals surface area contributed by atoms with E-state index in [4.69, 9.17) is 17.3 Å². The number of nitrogens with zero attached hydrogens (tertiary/aromatic N) is 1. The van der Waals surface area contributed by atoms with E-state index in [1.54, 1.807) is 18.2 Å². The van der Waals surface area contributed by atoms with Gasteiger partial charge in [-0.1, -0.05) is 11.6 Å². The van der Waals surface area contributed by atoms with Crippen molar-refractivity contribution in [3.8, 4) is 0 Å². The van der Waals surface area contributed by atoms with E-state index in [0.29, 0.717) is 22.3 Å². The summed E-state index contributed by atoms with van der Waals surface area (Å²) in [5, 5.41) is 0.434. The Hall–Kier alpha value is -0.930. The van der Waals surface area contributed by atoms with Crippen molar-refractivity contribution >= 4 is 35.6 Å². The van der Waals surface area contributed by atoms with Crippen LogP contribution in [0.25, 0.3) is 0 Å². The minimum absolute atomic E-state index is 0. The lowest BCUT2D eigenvalue weighted by Gasteiger charge is -2.21. The third kappa shape index (κ3) is 3.05. The molecule has 0 bridgehead atoms. The predicted molar refractivity (Wildman–Crippen MR) is 72.8 cm³/mol. The molecular formula is C12H16Cl2N2O. The number of halogens is 2. The molecule has 1 amide bonds. The number of anilines is 1. The highest BCUT2D eigenvalue weighted by Gasteiger charge is 2.32. The Bertz CT molecular complexity index is 419. The maximum atomic E-state index is 12.2. The first-order valence-corrected chi connectivity index (χ1v) is 5.87. The van der Waals surface area contributed by atoms with Gasteiger partial charge in [-0.15, -0.1) is 12.4 Å². The molecule has 0 radical (unpaired) electrons. The molecule has 1 aliphatic carbocycles. The Labute approximate surface area is 112 Å². The molecule has 5 heteroatoms. The standard InChI is InChI=1S/C12H15ClN2O.ClH/c1-2-15(9-4-5-9)12(16)10-6-3-8(14)7-11(10)13;/h3,6-7,9H,2,4-5,14H2,1H3;1H. The molecule has 1 aromatic rings. The van der Waals surface area contributed by atoms with Gasteiger partial charge in [0.25, 0.3) is 5.91 Å². The van der Waals surface area contributed by atoms with E-state index >= 15 is 0 Å². The largest absolute Gasteiger partial charge is 0.399 e. The summed E-state index contributed by atoms with van der Waals surface area (Å²) in [6.07, 6.45) is 2.21. The van der Waals surface area contributed by atoms with Gasteiger partial charge in [0.15, 0.2) is 0 Å². The smallest absolute Gasteiger partial charge is 0.255 e. The molecule has 0 saturated heterocycles. The van der Waals surface area contributed by atoms with Crippen molar-refractivity contribution in [2.75, 3.05) is 12.3 Å². The van der Waals surface area contributed by atoms with E-state index < -0.39 is 0 Å². The van der Waals surface area contributed by atoms with Crippen LogP contribution < -0.4 is 5.73 Å². The zero-order valence-electron chi connectivity index (χ0n) is 9.65. The molecular weight excluding hydrogens is 259 g/mol. The summed E-state index contributed by atoms with van der Waals surface area (Å²) < 4.78 is 0. The fourth-order valence-corrected chi connectivity index (χ4v) is 2.08. The molecule has 0 heterocycles. The molecule has 3 nitrogen and oxygen atoms in total. The zero-order chi connectivity index (χ0) is 11.7. The van der Waals surface area contributed by atoms with E-state index in [-0.39, 0.29) is 18.3 Å². The molecule has 2 rings (SSSR count). The number of nitrogen functional groups attached to an aromatic ring is 1. The van der Waals surface area contributed by atoms with Crippen LogP contribution in [0.15, 0.2) is 18.2 Å². The fraction of sp³-hybridized carbons (Fsp3) is 0.417. The first-order chi connectivity index (χ1) is 7.63. The molecule has 0 spiro atoms. The molecule has 1 aliphatic rings. The topological polar surface area (TPSA) is 46.3 Å². The Morgan fingerprint density at radius 1 is 1.53 bits per heavy atom. The van der Waals surface area contributed by atoms with Crippen molar-refractivity contribution in [1.82, 2.24) is 4.90 Å². The first-order valence-electron chi connectivity index (χ1n) is 5.49. The number of hydrogen-bond acceptors (Lipinski definition) is 2. The highest BCUT2D eigenvalue weighted by molar-refractivity contribution is 6.34. The second kappa shape index (κ2) is 5.61. The van der Waals surface area contributed by atoms with Crippen molar-refractivity contribution in [1.29, 1.82) is 0 Å². The van der Waals surface area contributed by atoms with Crippen LogP contribution in [0.2, 0.25) is 5.02 Å². The highest BCUT2D eigenvalue weighted by atomic mass is 35.5. The lowest BCUT2D eigenvalue weighted by atomic mass is 10.1. The summed E-state index contributed by atoms with van der Waals surface area (Å²) in [6.45, 7) is 2.71. The van der Waals surface area contributed by atoms with Crippen LogP contribution >= 0.6 is 24.0 Å². The Morgan fingerprint density at radius 2 is 2.18 bits per heavy atom. The highest BCUT2D eigenvalue weighted by Crippen LogP contribution is 2.29. The number of carbonyl (C=O) groups excluding carboxylic acids is 1. The normalized spacial score (nSPS) is 14.0. The average Bonchev–Trinajstić information content (AvgIpc) is 3.02. The Morgan fingerprint density at radius 3 is 2.65 bits per heavy atom. The third-order valence-electron chi connectivity index (χ3n) is 2.81. The molecule has 94 valence electrons. The van der Waals surface area contributed by atoms with Gasteiger partial charge in [0, 0.05) is 18.3 Å². The van der Waals surface area contributed by atoms with Crippen molar-refractivity contribution in [2.45, 2.75) is 25.8 Å². The van der Waals surface area contributed by atoms with E-state index in [1.165, 1.54) is 0 Å². The van der Waals surface area contributed by atoms with Crippen molar-refractivity contribution in [3.05, 3.63) is 28.8 Å². The maximum absolute atomic E-state index is 12.2. The number of hydrogen-bond donors (Lipinski definition) is 1. The molecule has 1 aromatic carbocycles. The van der Waals surface area contributed by atoms with Crippen LogP contribution in [0, 0.1) is 0 Å². The van der Waals surface area contributed by atoms with Gasteiger partial charge >= 0.3 is 0 Å². The monoisotopic (exact) mass is 274 g/mol. The Balaban J connectivity index is 0.00000144. The summed E-state index contributed by atoms with van der Waals surface area (Å²) in [7, 11) is 0. The number of amides is 1. The quantitative estimate of drug-likeness (QED) is 0.862. The van der Waals surface area contributed by atoms with Gasteiger partial charge in [-0.25, -0.2) is 0 Å². The lowest BCUT2D eigenvalue weighted by molar-refractivity contribution is 0.0753. The van der Waals surface area contributed by atoms with Gasteiger partial charge < -0.3 is 10.6 Å². The number of nitrogens with two attached hydrogens (primary N) is 1. The van der Waals surface area contributed by atoms with Crippen LogP contribution in [0.4, 0.5) is 5.69 Å². The summed E-state index contributed by atoms with van der Waals surface area (Å²) in [4.78, 5) is 14.1. The van der Waals surface area contributed by atoms with Crippen molar-refractivity contribution in [3.63, 3.8) is 0 Å². The minimum atomic E-state index is 0. The second-order valence-corrected chi connectivity index (χ2v) is 4.47. The van der Waals surface area contributed by atoms with E-state index in [9.17, 15) is 4.79 Å². The van der Waals surface area contributed by atoms with Gasteiger partial charge in [-0.3, -0.25) is 4.79 Å². The van der Waals surface area contributed by atoms with Gasteiger partial charge in [-0.05, 0) is 38.0 Å². The first kappa shape index (κ1) is 14.1. The fourth-order valence-electron chi connectivity index (χ4n) is 1.81. The number of rotatable bonds is 3. The molecule has 0 unspecified atom stereocenters. The van der Waals surface area contributed by atoms with Gasteiger partial charge in [0.2, 0.25) is 0 Å². The minimum Gasteiger partial charge on any atom is -0.399 e. The van der Waals surface area contributed by atoms with E-state index in [1.807, 2.05) is 11.8 Å².